The van der Waals surface area contributed by atoms with E-state index in [9.17, 15) is 9.18 Å². The monoisotopic (exact) mass is 207 g/mol. The molecule has 1 aromatic carbocycles. The topological polar surface area (TPSA) is 38.7 Å². The van der Waals surface area contributed by atoms with Crippen LogP contribution in [0.15, 0.2) is 23.2 Å². The van der Waals surface area contributed by atoms with E-state index in [-0.39, 0.29) is 11.7 Å². The van der Waals surface area contributed by atoms with E-state index < -0.39 is 0 Å². The molecule has 1 aliphatic rings. The second kappa shape index (κ2) is 4.24. The maximum absolute atomic E-state index is 13.0. The first kappa shape index (κ1) is 9.87. The summed E-state index contributed by atoms with van der Waals surface area (Å²) >= 11 is 0. The van der Waals surface area contributed by atoms with Crippen LogP contribution in [-0.2, 0) is 4.79 Å². The molecule has 0 aliphatic carbocycles. The molecule has 2 rings (SSSR count). The fourth-order valence-electron chi connectivity index (χ4n) is 1.77. The average molecular weight is 207 g/mol. The fraction of sp³-hybridized carbons (Fsp3) is 0.364. The van der Waals surface area contributed by atoms with E-state index in [1.807, 2.05) is 0 Å². The van der Waals surface area contributed by atoms with Crippen LogP contribution in [0, 0.1) is 5.82 Å². The highest BCUT2D eigenvalue weighted by atomic mass is 19.1. The number of halogens is 1. The average Bonchev–Trinajstić information content (AvgIpc) is 2.26. The first-order valence-electron chi connectivity index (χ1n) is 4.77. The molecular formula is C11H10FNO2. The van der Waals surface area contributed by atoms with Crippen molar-refractivity contribution in [1.29, 1.82) is 0 Å². The summed E-state index contributed by atoms with van der Waals surface area (Å²) in [4.78, 5) is 13.6. The van der Waals surface area contributed by atoms with Gasteiger partial charge in [0.15, 0.2) is 0 Å². The van der Waals surface area contributed by atoms with Crippen molar-refractivity contribution in [3.63, 3.8) is 0 Å². The summed E-state index contributed by atoms with van der Waals surface area (Å²) in [5.74, 6) is 0.457. The number of aliphatic imine (C=N–C) groups is 1. The van der Waals surface area contributed by atoms with Crippen LogP contribution >= 0.6 is 0 Å². The third kappa shape index (κ3) is 2.05. The van der Waals surface area contributed by atoms with Gasteiger partial charge in [0.1, 0.15) is 11.6 Å². The van der Waals surface area contributed by atoms with Crippen LogP contribution in [-0.4, -0.2) is 19.2 Å². The molecular weight excluding hydrogens is 197 g/mol. The maximum Gasteiger partial charge on any atom is 0.234 e. The van der Waals surface area contributed by atoms with E-state index in [1.165, 1.54) is 18.2 Å². The Labute approximate surface area is 86.6 Å². The predicted molar refractivity (Wildman–Crippen MR) is 52.2 cm³/mol. The lowest BCUT2D eigenvalue weighted by Gasteiger charge is -2.24. The first-order chi connectivity index (χ1) is 7.31. The number of ether oxygens (including phenoxy) is 1. The van der Waals surface area contributed by atoms with Crippen LogP contribution in [0.5, 0.6) is 5.75 Å². The van der Waals surface area contributed by atoms with Gasteiger partial charge in [-0.3, -0.25) is 0 Å². The van der Waals surface area contributed by atoms with Crippen LogP contribution in [0.25, 0.3) is 0 Å². The molecule has 0 N–H and O–H groups in total. The first-order valence-corrected chi connectivity index (χ1v) is 4.77. The Morgan fingerprint density at radius 1 is 1.60 bits per heavy atom. The molecule has 3 nitrogen and oxygen atoms in total. The number of isocyanates is 1. The fourth-order valence-corrected chi connectivity index (χ4v) is 1.77. The molecule has 0 aromatic heterocycles. The van der Waals surface area contributed by atoms with Crippen LogP contribution in [0.2, 0.25) is 0 Å². The van der Waals surface area contributed by atoms with Gasteiger partial charge in [0.05, 0.1) is 13.2 Å². The van der Waals surface area contributed by atoms with Crippen molar-refractivity contribution in [2.24, 2.45) is 4.99 Å². The minimum absolute atomic E-state index is 0.0610. The molecule has 4 heteroatoms. The van der Waals surface area contributed by atoms with Crippen molar-refractivity contribution in [2.75, 3.05) is 13.2 Å². The number of benzene rings is 1. The van der Waals surface area contributed by atoms with Gasteiger partial charge in [-0.05, 0) is 24.6 Å². The van der Waals surface area contributed by atoms with E-state index in [2.05, 4.69) is 4.99 Å². The summed E-state index contributed by atoms with van der Waals surface area (Å²) in [6.45, 7) is 0.932. The standard InChI is InChI=1S/C11H10FNO2/c12-9-1-2-11-10(5-9)8(3-4-15-11)6-13-7-14/h1-2,5,8H,3-4,6H2. The lowest BCUT2D eigenvalue weighted by Crippen LogP contribution is -2.16. The zero-order chi connectivity index (χ0) is 10.7. The predicted octanol–water partition coefficient (Wildman–Crippen LogP) is 2.03. The number of fused-ring (bicyclic) bond motifs is 1. The van der Waals surface area contributed by atoms with E-state index in [1.54, 1.807) is 6.07 Å². The van der Waals surface area contributed by atoms with Crippen molar-refractivity contribution in [3.8, 4) is 5.75 Å². The summed E-state index contributed by atoms with van der Waals surface area (Å²) in [7, 11) is 0. The van der Waals surface area contributed by atoms with Crippen molar-refractivity contribution in [3.05, 3.63) is 29.6 Å². The molecule has 0 fully saturated rings. The number of carbonyl (C=O) groups excluding carboxylic acids is 1. The maximum atomic E-state index is 13.0. The molecule has 1 aromatic rings. The molecule has 0 spiro atoms. The Bertz CT molecular complexity index is 413. The van der Waals surface area contributed by atoms with Gasteiger partial charge >= 0.3 is 0 Å². The summed E-state index contributed by atoms with van der Waals surface area (Å²) in [6.07, 6.45) is 2.25. The summed E-state index contributed by atoms with van der Waals surface area (Å²) in [5, 5.41) is 0. The molecule has 0 amide bonds. The molecule has 0 bridgehead atoms. The van der Waals surface area contributed by atoms with Crippen LogP contribution in [0.4, 0.5) is 4.39 Å². The van der Waals surface area contributed by atoms with Crippen LogP contribution < -0.4 is 4.74 Å². The normalized spacial score (nSPS) is 18.6. The highest BCUT2D eigenvalue weighted by Crippen LogP contribution is 2.34. The number of hydrogen-bond donors (Lipinski definition) is 0. The van der Waals surface area contributed by atoms with E-state index in [0.29, 0.717) is 18.9 Å². The Morgan fingerprint density at radius 3 is 3.27 bits per heavy atom. The Balaban J connectivity index is 2.31. The second-order valence-electron chi connectivity index (χ2n) is 3.45. The molecule has 0 saturated heterocycles. The minimum Gasteiger partial charge on any atom is -0.493 e. The Kier molecular flexibility index (Phi) is 2.79. The van der Waals surface area contributed by atoms with Gasteiger partial charge in [-0.2, -0.15) is 0 Å². The van der Waals surface area contributed by atoms with E-state index in [0.717, 1.165) is 12.0 Å². The number of hydrogen-bond acceptors (Lipinski definition) is 3. The SMILES string of the molecule is O=C=NCC1CCOc2ccc(F)cc21. The summed E-state index contributed by atoms with van der Waals surface area (Å²) < 4.78 is 18.4. The van der Waals surface area contributed by atoms with Gasteiger partial charge in [-0.15, -0.1) is 0 Å². The number of rotatable bonds is 2. The highest BCUT2D eigenvalue weighted by molar-refractivity contribution is 5.39. The van der Waals surface area contributed by atoms with E-state index >= 15 is 0 Å². The zero-order valence-corrected chi connectivity index (χ0v) is 8.07. The summed E-state index contributed by atoms with van der Waals surface area (Å²) in [6, 6.07) is 4.42. The van der Waals surface area contributed by atoms with E-state index in [4.69, 9.17) is 4.74 Å². The molecule has 0 saturated carbocycles. The molecule has 1 heterocycles. The van der Waals surface area contributed by atoms with Crippen molar-refractivity contribution < 1.29 is 13.9 Å². The molecule has 1 unspecified atom stereocenters. The van der Waals surface area contributed by atoms with Crippen molar-refractivity contribution in [1.82, 2.24) is 0 Å². The van der Waals surface area contributed by atoms with Gasteiger partial charge in [-0.25, -0.2) is 14.2 Å². The number of nitrogens with zero attached hydrogens (tertiary/aromatic N) is 1. The van der Waals surface area contributed by atoms with Gasteiger partial charge in [0.2, 0.25) is 6.08 Å². The van der Waals surface area contributed by atoms with Gasteiger partial charge < -0.3 is 4.74 Å². The lowest BCUT2D eigenvalue weighted by atomic mass is 9.93. The lowest BCUT2D eigenvalue weighted by molar-refractivity contribution is 0.268. The zero-order valence-electron chi connectivity index (χ0n) is 8.07. The van der Waals surface area contributed by atoms with Crippen molar-refractivity contribution >= 4 is 6.08 Å². The summed E-state index contributed by atoms with van der Waals surface area (Å²) in [5.41, 5.74) is 0.792. The highest BCUT2D eigenvalue weighted by Gasteiger charge is 2.21. The van der Waals surface area contributed by atoms with Gasteiger partial charge in [-0.1, -0.05) is 0 Å². The molecule has 78 valence electrons. The molecule has 15 heavy (non-hydrogen) atoms. The third-order valence-corrected chi connectivity index (χ3v) is 2.51. The van der Waals surface area contributed by atoms with Crippen LogP contribution in [0.1, 0.15) is 17.9 Å². The smallest absolute Gasteiger partial charge is 0.234 e. The minimum atomic E-state index is -0.292. The molecule has 1 aliphatic heterocycles. The van der Waals surface area contributed by atoms with Gasteiger partial charge in [0.25, 0.3) is 0 Å². The third-order valence-electron chi connectivity index (χ3n) is 2.51. The van der Waals surface area contributed by atoms with Crippen LogP contribution in [0.3, 0.4) is 0 Å². The second-order valence-corrected chi connectivity index (χ2v) is 3.45. The van der Waals surface area contributed by atoms with Gasteiger partial charge in [0, 0.05) is 11.5 Å². The Hall–Kier alpha value is -1.67. The molecule has 0 radical (unpaired) electrons. The quantitative estimate of drug-likeness (QED) is 0.549. The van der Waals surface area contributed by atoms with Crippen molar-refractivity contribution in [2.45, 2.75) is 12.3 Å². The Morgan fingerprint density at radius 2 is 2.47 bits per heavy atom. The molecule has 1 atom stereocenters. The largest absolute Gasteiger partial charge is 0.493 e.